The SMILES string of the molecule is C=C(C)c1cc(C(C)(c2ccccc2)C2CCNCC2)ccc1N=C(C)CCc1ccc(C(F)(F)F)cc1. The van der Waals surface area contributed by atoms with Crippen molar-refractivity contribution in [2.75, 3.05) is 13.1 Å². The summed E-state index contributed by atoms with van der Waals surface area (Å²) in [5, 5.41) is 3.50. The highest BCUT2D eigenvalue weighted by atomic mass is 19.4. The van der Waals surface area contributed by atoms with Crippen molar-refractivity contribution in [1.29, 1.82) is 0 Å². The maximum atomic E-state index is 12.9. The Balaban J connectivity index is 1.61. The molecule has 1 N–H and O–H groups in total. The predicted molar refractivity (Wildman–Crippen MR) is 152 cm³/mol. The van der Waals surface area contributed by atoms with Gasteiger partial charge in [0.15, 0.2) is 0 Å². The Morgan fingerprint density at radius 2 is 1.53 bits per heavy atom. The maximum Gasteiger partial charge on any atom is 0.416 e. The molecule has 0 radical (unpaired) electrons. The van der Waals surface area contributed by atoms with Crippen LogP contribution in [0.5, 0.6) is 0 Å². The molecule has 3 aromatic carbocycles. The smallest absolute Gasteiger partial charge is 0.317 e. The number of benzene rings is 3. The molecule has 5 heteroatoms. The molecule has 0 amide bonds. The zero-order chi connectivity index (χ0) is 27.3. The largest absolute Gasteiger partial charge is 0.416 e. The zero-order valence-corrected chi connectivity index (χ0v) is 22.5. The molecule has 0 aromatic heterocycles. The van der Waals surface area contributed by atoms with E-state index in [4.69, 9.17) is 4.99 Å². The van der Waals surface area contributed by atoms with Crippen LogP contribution in [0.2, 0.25) is 0 Å². The van der Waals surface area contributed by atoms with Crippen LogP contribution in [-0.2, 0) is 18.0 Å². The van der Waals surface area contributed by atoms with Gasteiger partial charge in [0.25, 0.3) is 0 Å². The summed E-state index contributed by atoms with van der Waals surface area (Å²) in [5.41, 5.74) is 6.52. The van der Waals surface area contributed by atoms with E-state index in [0.29, 0.717) is 18.8 Å². The fourth-order valence-corrected chi connectivity index (χ4v) is 5.57. The summed E-state index contributed by atoms with van der Waals surface area (Å²) in [5.74, 6) is 0.518. The van der Waals surface area contributed by atoms with Gasteiger partial charge in [-0.1, -0.05) is 62.0 Å². The van der Waals surface area contributed by atoms with Crippen LogP contribution in [0.4, 0.5) is 18.9 Å². The van der Waals surface area contributed by atoms with Gasteiger partial charge in [0, 0.05) is 16.7 Å². The van der Waals surface area contributed by atoms with Crippen molar-refractivity contribution in [2.24, 2.45) is 10.9 Å². The standard InChI is InChI=1S/C33H37F3N2/c1-23(2)30-22-29(32(4,26-8-6-5-7-9-26)27-18-20-37-21-19-27)16-17-31(30)38-24(3)10-11-25-12-14-28(15-13-25)33(34,35)36/h5-9,12-17,22,27,37H,1,10-11,18-21H2,2-4H3. The van der Waals surface area contributed by atoms with Crippen LogP contribution < -0.4 is 5.32 Å². The first-order valence-electron chi connectivity index (χ1n) is 13.4. The molecule has 1 heterocycles. The molecule has 1 saturated heterocycles. The lowest BCUT2D eigenvalue weighted by atomic mass is 9.64. The summed E-state index contributed by atoms with van der Waals surface area (Å²) in [4.78, 5) is 4.93. The second-order valence-electron chi connectivity index (χ2n) is 10.6. The van der Waals surface area contributed by atoms with Gasteiger partial charge in [-0.25, -0.2) is 0 Å². The first kappa shape index (κ1) is 27.8. The average Bonchev–Trinajstić information content (AvgIpc) is 2.92. The highest BCUT2D eigenvalue weighted by Crippen LogP contribution is 2.44. The molecule has 1 aliphatic rings. The van der Waals surface area contributed by atoms with Gasteiger partial charge in [-0.2, -0.15) is 13.2 Å². The lowest BCUT2D eigenvalue weighted by Crippen LogP contribution is -2.40. The number of hydrogen-bond acceptors (Lipinski definition) is 2. The fourth-order valence-electron chi connectivity index (χ4n) is 5.57. The molecular weight excluding hydrogens is 481 g/mol. The summed E-state index contributed by atoms with van der Waals surface area (Å²) < 4.78 is 38.6. The van der Waals surface area contributed by atoms with Gasteiger partial charge < -0.3 is 5.32 Å². The normalized spacial score (nSPS) is 16.7. The fraction of sp³-hybridized carbons (Fsp3) is 0.364. The second-order valence-corrected chi connectivity index (χ2v) is 10.6. The molecule has 0 saturated carbocycles. The minimum Gasteiger partial charge on any atom is -0.317 e. The minimum atomic E-state index is -4.31. The van der Waals surface area contributed by atoms with E-state index < -0.39 is 11.7 Å². The number of rotatable bonds is 8. The lowest BCUT2D eigenvalue weighted by molar-refractivity contribution is -0.137. The van der Waals surface area contributed by atoms with Crippen LogP contribution >= 0.6 is 0 Å². The van der Waals surface area contributed by atoms with Crippen molar-refractivity contribution in [3.05, 3.63) is 107 Å². The number of aliphatic imine (C=N–C) groups is 1. The molecule has 1 unspecified atom stereocenters. The van der Waals surface area contributed by atoms with Gasteiger partial charge in [0.05, 0.1) is 11.3 Å². The van der Waals surface area contributed by atoms with E-state index in [9.17, 15) is 13.2 Å². The van der Waals surface area contributed by atoms with Crippen molar-refractivity contribution in [2.45, 2.75) is 58.0 Å². The van der Waals surface area contributed by atoms with Crippen molar-refractivity contribution in [3.8, 4) is 0 Å². The lowest BCUT2D eigenvalue weighted by Gasteiger charge is -2.41. The maximum absolute atomic E-state index is 12.9. The van der Waals surface area contributed by atoms with Crippen LogP contribution in [0.3, 0.4) is 0 Å². The van der Waals surface area contributed by atoms with Crippen LogP contribution in [-0.4, -0.2) is 18.8 Å². The van der Waals surface area contributed by atoms with Crippen molar-refractivity contribution in [1.82, 2.24) is 5.32 Å². The van der Waals surface area contributed by atoms with Gasteiger partial charge in [-0.15, -0.1) is 0 Å². The quantitative estimate of drug-likeness (QED) is 0.296. The number of aryl methyl sites for hydroxylation is 1. The predicted octanol–water partition coefficient (Wildman–Crippen LogP) is 8.77. The number of hydrogen-bond donors (Lipinski definition) is 1. The van der Waals surface area contributed by atoms with E-state index in [0.717, 1.165) is 66.2 Å². The Hall–Kier alpha value is -3.18. The summed E-state index contributed by atoms with van der Waals surface area (Å²) in [6, 6.07) is 22.7. The Bertz CT molecular complexity index is 1270. The molecule has 0 aliphatic carbocycles. The minimum absolute atomic E-state index is 0.132. The number of allylic oxidation sites excluding steroid dienone is 1. The van der Waals surface area contributed by atoms with Crippen LogP contribution in [0.1, 0.15) is 67.9 Å². The van der Waals surface area contributed by atoms with Gasteiger partial charge in [-0.3, -0.25) is 4.99 Å². The summed E-state index contributed by atoms with van der Waals surface area (Å²) in [6.07, 6.45) is -0.770. The van der Waals surface area contributed by atoms with E-state index in [1.54, 1.807) is 12.1 Å². The van der Waals surface area contributed by atoms with E-state index >= 15 is 0 Å². The molecule has 1 fully saturated rings. The van der Waals surface area contributed by atoms with Gasteiger partial charge >= 0.3 is 6.18 Å². The first-order chi connectivity index (χ1) is 18.1. The second kappa shape index (κ2) is 11.7. The Kier molecular flexibility index (Phi) is 8.57. The average molecular weight is 519 g/mol. The summed E-state index contributed by atoms with van der Waals surface area (Å²) in [6.45, 7) is 12.7. The van der Waals surface area contributed by atoms with E-state index in [1.807, 2.05) is 13.8 Å². The molecule has 3 aromatic rings. The molecule has 38 heavy (non-hydrogen) atoms. The highest BCUT2D eigenvalue weighted by molar-refractivity contribution is 5.87. The zero-order valence-electron chi connectivity index (χ0n) is 22.5. The Labute approximate surface area is 224 Å². The molecule has 200 valence electrons. The number of halogens is 3. The van der Waals surface area contributed by atoms with Gasteiger partial charge in [0.1, 0.15) is 0 Å². The number of alkyl halides is 3. The molecule has 0 spiro atoms. The van der Waals surface area contributed by atoms with E-state index in [1.165, 1.54) is 11.1 Å². The van der Waals surface area contributed by atoms with Crippen LogP contribution in [0, 0.1) is 5.92 Å². The van der Waals surface area contributed by atoms with Gasteiger partial charge in [0.2, 0.25) is 0 Å². The van der Waals surface area contributed by atoms with E-state index in [-0.39, 0.29) is 5.41 Å². The summed E-state index contributed by atoms with van der Waals surface area (Å²) >= 11 is 0. The monoisotopic (exact) mass is 518 g/mol. The molecule has 4 rings (SSSR count). The van der Waals surface area contributed by atoms with Crippen LogP contribution in [0.25, 0.3) is 5.57 Å². The Morgan fingerprint density at radius 3 is 2.13 bits per heavy atom. The third kappa shape index (κ3) is 6.27. The molecule has 0 bridgehead atoms. The van der Waals surface area contributed by atoms with Crippen molar-refractivity contribution < 1.29 is 13.2 Å². The van der Waals surface area contributed by atoms with Crippen molar-refractivity contribution >= 4 is 17.0 Å². The topological polar surface area (TPSA) is 24.4 Å². The molecular formula is C33H37F3N2. The Morgan fingerprint density at radius 1 is 0.895 bits per heavy atom. The van der Waals surface area contributed by atoms with Crippen molar-refractivity contribution in [3.63, 3.8) is 0 Å². The number of piperidine rings is 1. The highest BCUT2D eigenvalue weighted by Gasteiger charge is 2.38. The van der Waals surface area contributed by atoms with Gasteiger partial charge in [-0.05, 0) is 105 Å². The molecule has 2 nitrogen and oxygen atoms in total. The van der Waals surface area contributed by atoms with Crippen LogP contribution in [0.15, 0.2) is 84.4 Å². The number of nitrogens with zero attached hydrogens (tertiary/aromatic N) is 1. The third-order valence-electron chi connectivity index (χ3n) is 7.95. The van der Waals surface area contributed by atoms with E-state index in [2.05, 4.69) is 67.4 Å². The number of nitrogens with one attached hydrogen (secondary N) is 1. The first-order valence-corrected chi connectivity index (χ1v) is 13.4. The summed E-state index contributed by atoms with van der Waals surface area (Å²) in [7, 11) is 0. The molecule has 1 atom stereocenters. The molecule has 1 aliphatic heterocycles. The third-order valence-corrected chi connectivity index (χ3v) is 7.95.